The second kappa shape index (κ2) is 9.15. The summed E-state index contributed by atoms with van der Waals surface area (Å²) in [5.41, 5.74) is 1.76. The lowest BCUT2D eigenvalue weighted by Gasteiger charge is -2.32. The largest absolute Gasteiger partial charge is 0.481 e. The van der Waals surface area contributed by atoms with Gasteiger partial charge in [0.1, 0.15) is 0 Å². The van der Waals surface area contributed by atoms with E-state index in [4.69, 9.17) is 16.7 Å². The first-order chi connectivity index (χ1) is 13.4. The Morgan fingerprint density at radius 1 is 1.36 bits per heavy atom. The number of nitrogens with zero attached hydrogens (tertiary/aromatic N) is 3. The lowest BCUT2D eigenvalue weighted by atomic mass is 10.1. The molecule has 1 aliphatic rings. The molecule has 9 heteroatoms. The van der Waals surface area contributed by atoms with Crippen LogP contribution in [0.25, 0.3) is 0 Å². The summed E-state index contributed by atoms with van der Waals surface area (Å²) in [5, 5.41) is 9.92. The van der Waals surface area contributed by atoms with Crippen LogP contribution in [0.15, 0.2) is 28.6 Å². The number of aryl methyl sites for hydroxylation is 1. The number of carboxylic acid groups (broad SMARTS) is 1. The molecule has 28 heavy (non-hydrogen) atoms. The van der Waals surface area contributed by atoms with Gasteiger partial charge in [0.15, 0.2) is 5.13 Å². The van der Waals surface area contributed by atoms with Crippen molar-refractivity contribution in [2.75, 3.05) is 22.6 Å². The van der Waals surface area contributed by atoms with Crippen molar-refractivity contribution in [3.8, 4) is 0 Å². The van der Waals surface area contributed by atoms with Crippen molar-refractivity contribution in [3.63, 3.8) is 0 Å². The molecule has 0 bridgehead atoms. The third-order valence-corrected chi connectivity index (χ3v) is 7.20. The van der Waals surface area contributed by atoms with Crippen molar-refractivity contribution in [2.45, 2.75) is 42.9 Å². The molecule has 6 nitrogen and oxygen atoms in total. The molecule has 2 amide bonds. The summed E-state index contributed by atoms with van der Waals surface area (Å²) in [6.45, 7) is 1.97. The van der Waals surface area contributed by atoms with Gasteiger partial charge in [-0.05, 0) is 37.5 Å². The van der Waals surface area contributed by atoms with Crippen LogP contribution in [-0.2, 0) is 4.79 Å². The van der Waals surface area contributed by atoms with E-state index >= 15 is 0 Å². The standard InChI is InChI=1S/C19H22ClN3O3S2/c1-12-7-8-15(14(20)9-12)23(13-5-3-4-6-13)19(26)22(2)18-21-10-17(28-18)27-11-16(24)25/h7-10,13H,3-6,11H2,1-2H3,(H,24,25). The van der Waals surface area contributed by atoms with E-state index in [1.165, 1.54) is 28.0 Å². The molecule has 0 saturated heterocycles. The Labute approximate surface area is 177 Å². The molecule has 1 aromatic carbocycles. The summed E-state index contributed by atoms with van der Waals surface area (Å²) >= 11 is 8.99. The summed E-state index contributed by atoms with van der Waals surface area (Å²) in [7, 11) is 1.69. The molecule has 0 aliphatic heterocycles. The van der Waals surface area contributed by atoms with Crippen molar-refractivity contribution in [1.29, 1.82) is 0 Å². The van der Waals surface area contributed by atoms with Gasteiger partial charge in [0, 0.05) is 13.1 Å². The van der Waals surface area contributed by atoms with Crippen LogP contribution in [0.2, 0.25) is 5.02 Å². The summed E-state index contributed by atoms with van der Waals surface area (Å²) in [4.78, 5) is 31.8. The van der Waals surface area contributed by atoms with Gasteiger partial charge in [-0.15, -0.1) is 11.8 Å². The zero-order chi connectivity index (χ0) is 20.3. The number of aliphatic carboxylic acids is 1. The topological polar surface area (TPSA) is 73.7 Å². The minimum absolute atomic E-state index is 0.0353. The highest BCUT2D eigenvalue weighted by Crippen LogP contribution is 2.36. The summed E-state index contributed by atoms with van der Waals surface area (Å²) < 4.78 is 0.762. The van der Waals surface area contributed by atoms with Crippen molar-refractivity contribution >= 4 is 57.5 Å². The second-order valence-corrected chi connectivity index (χ2v) is 9.44. The fraction of sp³-hybridized carbons (Fsp3) is 0.421. The van der Waals surface area contributed by atoms with Crippen LogP contribution < -0.4 is 9.80 Å². The van der Waals surface area contributed by atoms with Crippen LogP contribution in [0.4, 0.5) is 15.6 Å². The van der Waals surface area contributed by atoms with E-state index in [1.54, 1.807) is 18.1 Å². The van der Waals surface area contributed by atoms with E-state index in [2.05, 4.69) is 4.98 Å². The smallest absolute Gasteiger partial charge is 0.330 e. The monoisotopic (exact) mass is 439 g/mol. The SMILES string of the molecule is Cc1ccc(N(C(=O)N(C)c2ncc(SCC(=O)O)s2)C2CCCC2)c(Cl)c1. The Morgan fingerprint density at radius 3 is 2.71 bits per heavy atom. The number of hydrogen-bond donors (Lipinski definition) is 1. The van der Waals surface area contributed by atoms with Gasteiger partial charge in [0.2, 0.25) is 0 Å². The highest BCUT2D eigenvalue weighted by atomic mass is 35.5. The number of carbonyl (C=O) groups is 2. The van der Waals surface area contributed by atoms with E-state index in [0.717, 1.165) is 35.5 Å². The number of halogens is 1. The zero-order valence-electron chi connectivity index (χ0n) is 15.7. The Kier molecular flexibility index (Phi) is 6.85. The minimum atomic E-state index is -0.884. The molecule has 1 saturated carbocycles. The van der Waals surface area contributed by atoms with Gasteiger partial charge in [-0.2, -0.15) is 0 Å². The maximum atomic E-state index is 13.4. The first-order valence-corrected chi connectivity index (χ1v) is 11.2. The van der Waals surface area contributed by atoms with Crippen LogP contribution in [0, 0.1) is 6.92 Å². The van der Waals surface area contributed by atoms with Crippen molar-refractivity contribution in [1.82, 2.24) is 4.98 Å². The number of benzene rings is 1. The van der Waals surface area contributed by atoms with Gasteiger partial charge in [-0.1, -0.05) is 41.8 Å². The Morgan fingerprint density at radius 2 is 2.07 bits per heavy atom. The number of carbonyl (C=O) groups excluding carboxylic acids is 1. The lowest BCUT2D eigenvalue weighted by Crippen LogP contribution is -2.46. The van der Waals surface area contributed by atoms with E-state index < -0.39 is 5.97 Å². The Balaban J connectivity index is 1.85. The molecule has 1 aliphatic carbocycles. The minimum Gasteiger partial charge on any atom is -0.481 e. The Bertz CT molecular complexity index is 868. The number of carboxylic acids is 1. The van der Waals surface area contributed by atoms with Gasteiger partial charge < -0.3 is 5.11 Å². The fourth-order valence-corrected chi connectivity index (χ4v) is 5.24. The molecule has 0 unspecified atom stereocenters. The molecule has 1 aromatic heterocycles. The third kappa shape index (κ3) is 4.79. The molecule has 1 fully saturated rings. The average molecular weight is 440 g/mol. The number of aromatic nitrogens is 1. The fourth-order valence-electron chi connectivity index (χ4n) is 3.27. The maximum Gasteiger partial charge on any atom is 0.330 e. The van der Waals surface area contributed by atoms with E-state index in [9.17, 15) is 9.59 Å². The molecule has 2 aromatic rings. The highest BCUT2D eigenvalue weighted by Gasteiger charge is 2.32. The summed E-state index contributed by atoms with van der Waals surface area (Å²) in [5.74, 6) is -0.919. The number of thiazole rings is 1. The molecule has 150 valence electrons. The second-order valence-electron chi connectivity index (χ2n) is 6.75. The number of anilines is 2. The molecule has 1 N–H and O–H groups in total. The first kappa shape index (κ1) is 21.0. The number of amides is 2. The third-order valence-electron chi connectivity index (χ3n) is 4.64. The summed E-state index contributed by atoms with van der Waals surface area (Å²) in [6, 6.07) is 5.66. The van der Waals surface area contributed by atoms with Crippen LogP contribution in [0.5, 0.6) is 0 Å². The van der Waals surface area contributed by atoms with Crippen LogP contribution in [-0.4, -0.2) is 40.9 Å². The molecule has 0 atom stereocenters. The molecule has 0 spiro atoms. The maximum absolute atomic E-state index is 13.4. The van der Waals surface area contributed by atoms with Gasteiger partial charge >= 0.3 is 12.0 Å². The highest BCUT2D eigenvalue weighted by molar-refractivity contribution is 8.01. The molecule has 3 rings (SSSR count). The van der Waals surface area contributed by atoms with Gasteiger partial charge in [-0.3, -0.25) is 14.6 Å². The molecular formula is C19H22ClN3O3S2. The quantitative estimate of drug-likeness (QED) is 0.619. The van der Waals surface area contributed by atoms with E-state index in [1.807, 2.05) is 25.1 Å². The molecule has 0 radical (unpaired) electrons. The van der Waals surface area contributed by atoms with Gasteiger partial charge in [-0.25, -0.2) is 9.78 Å². The van der Waals surface area contributed by atoms with Crippen LogP contribution >= 0.6 is 34.7 Å². The van der Waals surface area contributed by atoms with E-state index in [0.29, 0.717) is 15.8 Å². The molecular weight excluding hydrogens is 418 g/mol. The number of thioether (sulfide) groups is 1. The zero-order valence-corrected chi connectivity index (χ0v) is 18.1. The number of hydrogen-bond acceptors (Lipinski definition) is 5. The Hall–Kier alpha value is -1.77. The van der Waals surface area contributed by atoms with Gasteiger partial charge in [0.25, 0.3) is 0 Å². The summed E-state index contributed by atoms with van der Waals surface area (Å²) in [6.07, 6.45) is 5.68. The first-order valence-electron chi connectivity index (χ1n) is 9.00. The van der Waals surface area contributed by atoms with Gasteiger partial charge in [0.05, 0.1) is 26.9 Å². The van der Waals surface area contributed by atoms with Crippen molar-refractivity contribution < 1.29 is 14.7 Å². The predicted molar refractivity (Wildman–Crippen MR) is 115 cm³/mol. The molecule has 1 heterocycles. The average Bonchev–Trinajstić information content (AvgIpc) is 3.33. The van der Waals surface area contributed by atoms with E-state index in [-0.39, 0.29) is 17.8 Å². The van der Waals surface area contributed by atoms with Crippen LogP contribution in [0.3, 0.4) is 0 Å². The van der Waals surface area contributed by atoms with Crippen molar-refractivity contribution in [2.24, 2.45) is 0 Å². The lowest BCUT2D eigenvalue weighted by molar-refractivity contribution is -0.133. The number of rotatable bonds is 6. The number of urea groups is 1. The van der Waals surface area contributed by atoms with Crippen molar-refractivity contribution in [3.05, 3.63) is 35.0 Å². The van der Waals surface area contributed by atoms with Crippen LogP contribution in [0.1, 0.15) is 31.2 Å². The normalized spacial score (nSPS) is 14.2. The predicted octanol–water partition coefficient (Wildman–Crippen LogP) is 5.29.